The van der Waals surface area contributed by atoms with E-state index in [0.29, 0.717) is 0 Å². The van der Waals surface area contributed by atoms with Gasteiger partial charge < -0.3 is 0 Å². The Balaban J connectivity index is 2.03. The molecule has 0 atom stereocenters. The van der Waals surface area contributed by atoms with Gasteiger partial charge in [-0.25, -0.2) is 0 Å². The zero-order valence-corrected chi connectivity index (χ0v) is 14.7. The molecular weight excluding hydrogens is 291 g/mol. The fraction of sp³-hybridized carbons (Fsp3) is 0.294. The summed E-state index contributed by atoms with van der Waals surface area (Å²) in [5.41, 5.74) is 5.21. The van der Waals surface area contributed by atoms with Gasteiger partial charge in [0.05, 0.1) is 0 Å². The van der Waals surface area contributed by atoms with E-state index in [1.807, 2.05) is 0 Å². The quantitative estimate of drug-likeness (QED) is 0.681. The van der Waals surface area contributed by atoms with E-state index < -0.39 is 7.21 Å². The molecule has 0 radical (unpaired) electrons. The summed E-state index contributed by atoms with van der Waals surface area (Å²) >= 11 is 0. The summed E-state index contributed by atoms with van der Waals surface area (Å²) < 4.78 is 10.0. The van der Waals surface area contributed by atoms with E-state index in [1.165, 1.54) is 22.7 Å². The Bertz CT molecular complexity index is 646. The second-order valence-electron chi connectivity index (χ2n) is 6.41. The molecule has 116 valence electrons. The van der Waals surface area contributed by atoms with Crippen LogP contribution in [0, 0.1) is 0 Å². The van der Waals surface area contributed by atoms with Crippen LogP contribution in [0.25, 0.3) is 0 Å². The number of nitrogens with zero attached hydrogens (tertiary/aromatic N) is 4. The Morgan fingerprint density at radius 2 is 0.773 bits per heavy atom. The maximum atomic E-state index is 2.50. The molecule has 2 heterocycles. The van der Waals surface area contributed by atoms with Gasteiger partial charge in [-0.05, 0) is 0 Å². The Morgan fingerprint density at radius 3 is 1.00 bits per heavy atom. The number of anilines is 4. The van der Waals surface area contributed by atoms with Crippen LogP contribution in [0.2, 0.25) is 0 Å². The molecule has 4 nitrogen and oxygen atoms in total. The van der Waals surface area contributed by atoms with Crippen molar-refractivity contribution in [2.45, 2.75) is 0 Å². The van der Waals surface area contributed by atoms with Gasteiger partial charge in [-0.1, -0.05) is 0 Å². The molecular formula is C17H23N4P. The molecule has 0 bridgehead atoms. The molecule has 22 heavy (non-hydrogen) atoms. The third-order valence-electron chi connectivity index (χ3n) is 5.97. The van der Waals surface area contributed by atoms with Gasteiger partial charge in [0.2, 0.25) is 0 Å². The monoisotopic (exact) mass is 314 g/mol. The number of para-hydroxylation sites is 4. The van der Waals surface area contributed by atoms with Crippen molar-refractivity contribution in [3.8, 4) is 0 Å². The van der Waals surface area contributed by atoms with Crippen molar-refractivity contribution in [3.05, 3.63) is 48.5 Å². The van der Waals surface area contributed by atoms with Gasteiger partial charge in [0, 0.05) is 0 Å². The van der Waals surface area contributed by atoms with E-state index >= 15 is 0 Å². The molecule has 2 aliphatic heterocycles. The van der Waals surface area contributed by atoms with Gasteiger partial charge in [0.1, 0.15) is 0 Å². The van der Waals surface area contributed by atoms with Gasteiger partial charge in [-0.15, -0.1) is 0 Å². The number of benzene rings is 2. The third-order valence-corrected chi connectivity index (χ3v) is 12.4. The number of rotatable bonds is 0. The van der Waals surface area contributed by atoms with Crippen molar-refractivity contribution in [2.24, 2.45) is 0 Å². The summed E-state index contributed by atoms with van der Waals surface area (Å²) in [6.45, 7) is 2.42. The van der Waals surface area contributed by atoms with E-state index in [-0.39, 0.29) is 0 Å². The molecule has 4 rings (SSSR count). The summed E-state index contributed by atoms with van der Waals surface area (Å²) in [5.74, 6) is 0. The molecule has 2 aromatic carbocycles. The van der Waals surface area contributed by atoms with E-state index in [0.717, 1.165) is 0 Å². The first-order chi connectivity index (χ1) is 10.4. The van der Waals surface area contributed by atoms with Crippen LogP contribution < -0.4 is 18.7 Å². The Morgan fingerprint density at radius 1 is 0.545 bits per heavy atom. The van der Waals surface area contributed by atoms with Crippen LogP contribution in [0.3, 0.4) is 0 Å². The fourth-order valence-electron chi connectivity index (χ4n) is 4.24. The summed E-state index contributed by atoms with van der Waals surface area (Å²) in [6, 6.07) is 17.4. The molecule has 5 heteroatoms. The van der Waals surface area contributed by atoms with Crippen LogP contribution >= 0.6 is 7.21 Å². The minimum absolute atomic E-state index is 1.30. The predicted molar refractivity (Wildman–Crippen MR) is 99.3 cm³/mol. The molecule has 0 saturated carbocycles. The van der Waals surface area contributed by atoms with Gasteiger partial charge in [0.15, 0.2) is 0 Å². The Kier molecular flexibility index (Phi) is 2.42. The zero-order chi connectivity index (χ0) is 15.7. The maximum absolute atomic E-state index is 2.66. The second-order valence-corrected chi connectivity index (χ2v) is 11.5. The van der Waals surface area contributed by atoms with Crippen LogP contribution in [0.5, 0.6) is 0 Å². The first-order valence-corrected chi connectivity index (χ1v) is 10.1. The van der Waals surface area contributed by atoms with Crippen molar-refractivity contribution in [2.75, 3.05) is 53.5 Å². The first-order valence-electron chi connectivity index (χ1n) is 7.59. The predicted octanol–water partition coefficient (Wildman–Crippen LogP) is 4.00. The van der Waals surface area contributed by atoms with Gasteiger partial charge in [0.25, 0.3) is 0 Å². The van der Waals surface area contributed by atoms with Gasteiger partial charge in [-0.2, -0.15) is 0 Å². The van der Waals surface area contributed by atoms with E-state index in [4.69, 9.17) is 0 Å². The molecule has 2 aliphatic rings. The van der Waals surface area contributed by atoms with Crippen LogP contribution in [-0.2, 0) is 0 Å². The standard InChI is InChI=1S/C17H23N4P/c1-18-14-10-6-7-11-15(14)19(2)22(18,5)20(3)16-12-8-9-13-17(16)21(22)4/h6-13H,1-5H3. The zero-order valence-electron chi connectivity index (χ0n) is 13.9. The van der Waals surface area contributed by atoms with Crippen molar-refractivity contribution in [3.63, 3.8) is 0 Å². The molecule has 0 aromatic heterocycles. The molecule has 0 unspecified atom stereocenters. The van der Waals surface area contributed by atoms with E-state index in [9.17, 15) is 0 Å². The van der Waals surface area contributed by atoms with Gasteiger partial charge >= 0.3 is 132 Å². The minimum atomic E-state index is -2.66. The third kappa shape index (κ3) is 1.14. The average molecular weight is 314 g/mol. The molecule has 0 fully saturated rings. The van der Waals surface area contributed by atoms with Crippen molar-refractivity contribution in [1.29, 1.82) is 0 Å². The Labute approximate surface area is 132 Å². The average Bonchev–Trinajstić information content (AvgIpc) is 2.86. The topological polar surface area (TPSA) is 13.0 Å². The molecule has 0 aliphatic carbocycles. The second kappa shape index (κ2) is 3.88. The van der Waals surface area contributed by atoms with Crippen LogP contribution in [0.15, 0.2) is 48.5 Å². The van der Waals surface area contributed by atoms with Crippen LogP contribution in [0.4, 0.5) is 22.7 Å². The summed E-state index contributed by atoms with van der Waals surface area (Å²) in [4.78, 5) is 0. The summed E-state index contributed by atoms with van der Waals surface area (Å²) in [7, 11) is 6.28. The number of hydrogen-bond donors (Lipinski definition) is 0. The molecule has 0 N–H and O–H groups in total. The summed E-state index contributed by atoms with van der Waals surface area (Å²) in [6.07, 6.45) is 0. The molecule has 1 spiro atoms. The fourth-order valence-corrected chi connectivity index (χ4v) is 9.35. The first kappa shape index (κ1) is 13.7. The van der Waals surface area contributed by atoms with Crippen LogP contribution in [0.1, 0.15) is 0 Å². The number of hydrogen-bond acceptors (Lipinski definition) is 4. The van der Waals surface area contributed by atoms with Crippen molar-refractivity contribution in [1.82, 2.24) is 0 Å². The molecule has 0 saturated heterocycles. The molecule has 0 amide bonds. The van der Waals surface area contributed by atoms with Crippen molar-refractivity contribution < 1.29 is 0 Å². The van der Waals surface area contributed by atoms with Gasteiger partial charge in [-0.3, -0.25) is 0 Å². The number of fused-ring (bicyclic) bond motifs is 2. The Hall–Kier alpha value is -1.93. The van der Waals surface area contributed by atoms with E-state index in [1.54, 1.807) is 0 Å². The summed E-state index contributed by atoms with van der Waals surface area (Å²) in [5, 5.41) is 0. The normalized spacial score (nSPS) is 22.5. The van der Waals surface area contributed by atoms with Crippen molar-refractivity contribution >= 4 is 30.0 Å². The SMILES string of the molecule is CN1c2ccccc2N(C)P12(C)N(C)c1ccccc1N2C. The van der Waals surface area contributed by atoms with E-state index in [2.05, 4.69) is 102 Å². The van der Waals surface area contributed by atoms with Crippen LogP contribution in [-0.4, -0.2) is 34.9 Å². The molecule has 2 aromatic rings.